The van der Waals surface area contributed by atoms with E-state index in [1.807, 2.05) is 4.90 Å². The number of anilines is 3. The maximum atomic E-state index is 13.1. The van der Waals surface area contributed by atoms with Crippen molar-refractivity contribution in [3.63, 3.8) is 0 Å². The van der Waals surface area contributed by atoms with Gasteiger partial charge >= 0.3 is 12.5 Å². The van der Waals surface area contributed by atoms with Crippen LogP contribution in [0, 0.1) is 0 Å². The van der Waals surface area contributed by atoms with Crippen molar-refractivity contribution in [1.29, 1.82) is 0 Å². The van der Waals surface area contributed by atoms with Crippen LogP contribution in [-0.4, -0.2) is 61.4 Å². The quantitative estimate of drug-likeness (QED) is 0.226. The van der Waals surface area contributed by atoms with Crippen molar-refractivity contribution in [2.75, 3.05) is 49.5 Å². The van der Waals surface area contributed by atoms with Crippen molar-refractivity contribution in [2.24, 2.45) is 0 Å². The summed E-state index contributed by atoms with van der Waals surface area (Å²) in [5.41, 5.74) is 1.06. The van der Waals surface area contributed by atoms with Crippen LogP contribution in [0.2, 0.25) is 0 Å². The van der Waals surface area contributed by atoms with Crippen molar-refractivity contribution in [2.45, 2.75) is 12.5 Å². The smallest absolute Gasteiger partial charge is 0.404 e. The van der Waals surface area contributed by atoms with Crippen LogP contribution < -0.4 is 20.3 Å². The fourth-order valence-electron chi connectivity index (χ4n) is 4.93. The Morgan fingerprint density at radius 3 is 2.33 bits per heavy atom. The number of benzene rings is 3. The maximum Gasteiger partial charge on any atom is 0.573 e. The molecule has 226 valence electrons. The molecule has 2 heterocycles. The lowest BCUT2D eigenvalue weighted by molar-refractivity contribution is -0.274. The normalized spacial score (nSPS) is 14.5. The highest BCUT2D eigenvalue weighted by Gasteiger charge is 2.33. The van der Waals surface area contributed by atoms with Crippen LogP contribution in [0.1, 0.15) is 15.9 Å². The number of alkyl halides is 6. The van der Waals surface area contributed by atoms with Gasteiger partial charge < -0.3 is 20.3 Å². The number of nitrogens with zero attached hydrogens (tertiary/aromatic N) is 3. The molecule has 0 aliphatic carbocycles. The van der Waals surface area contributed by atoms with Gasteiger partial charge in [0, 0.05) is 56.5 Å². The average molecular weight is 604 g/mol. The van der Waals surface area contributed by atoms with Gasteiger partial charge in [0.1, 0.15) is 0 Å². The number of hydrogen-bond acceptors (Lipinski definition) is 6. The summed E-state index contributed by atoms with van der Waals surface area (Å²) in [5, 5.41) is 6.52. The van der Waals surface area contributed by atoms with Crippen LogP contribution >= 0.6 is 0 Å². The van der Waals surface area contributed by atoms with E-state index in [0.29, 0.717) is 67.3 Å². The minimum atomic E-state index is -4.78. The number of carbonyl (C=O) groups is 1. The molecule has 5 rings (SSSR count). The molecule has 1 saturated heterocycles. The number of piperazine rings is 1. The first-order chi connectivity index (χ1) is 20.5. The molecular weight excluding hydrogens is 576 g/mol. The number of pyridine rings is 1. The van der Waals surface area contributed by atoms with Crippen molar-refractivity contribution in [3.05, 3.63) is 90.1 Å². The van der Waals surface area contributed by atoms with E-state index in [1.165, 1.54) is 24.4 Å². The molecule has 13 heteroatoms. The fourth-order valence-corrected chi connectivity index (χ4v) is 4.93. The summed E-state index contributed by atoms with van der Waals surface area (Å²) in [6, 6.07) is 17.8. The van der Waals surface area contributed by atoms with Crippen LogP contribution in [0.4, 0.5) is 43.4 Å². The Kier molecular flexibility index (Phi) is 8.62. The standard InChI is InChI=1S/C30H27F6N5O2/c31-29(32,33)20-9-10-21-24(11-12-37-25(21)19-20)39-23-6-2-1-5-22(23)28(42)38-13-14-40-15-17-41(18-16-40)26-7-3-4-8-27(26)43-30(34,35)36/h1-12,19H,13-18H2,(H,37,39)(H,38,42). The Balaban J connectivity index is 1.17. The summed E-state index contributed by atoms with van der Waals surface area (Å²) in [5.74, 6) is -0.577. The number of carbonyl (C=O) groups excluding carboxylic acids is 1. The Morgan fingerprint density at radius 2 is 1.58 bits per heavy atom. The first kappa shape index (κ1) is 30.0. The number of halogens is 6. The van der Waals surface area contributed by atoms with Crippen LogP contribution in [0.5, 0.6) is 5.75 Å². The van der Waals surface area contributed by atoms with Gasteiger partial charge in [-0.1, -0.05) is 30.3 Å². The molecule has 3 aromatic carbocycles. The molecule has 1 aliphatic rings. The van der Waals surface area contributed by atoms with Crippen LogP contribution in [0.25, 0.3) is 10.9 Å². The monoisotopic (exact) mass is 603 g/mol. The number of hydrogen-bond donors (Lipinski definition) is 2. The minimum Gasteiger partial charge on any atom is -0.404 e. The summed E-state index contributed by atoms with van der Waals surface area (Å²) in [4.78, 5) is 21.1. The van der Waals surface area contributed by atoms with Crippen LogP contribution in [0.15, 0.2) is 79.0 Å². The molecule has 0 saturated carbocycles. The lowest BCUT2D eigenvalue weighted by Crippen LogP contribution is -2.48. The number of ether oxygens (including phenoxy) is 1. The predicted octanol–water partition coefficient (Wildman–Crippen LogP) is 6.45. The molecule has 1 aliphatic heterocycles. The van der Waals surface area contributed by atoms with Gasteiger partial charge in [0.05, 0.1) is 28.0 Å². The number of aromatic nitrogens is 1. The maximum absolute atomic E-state index is 13.1. The van der Waals surface area contributed by atoms with Crippen molar-refractivity contribution in [1.82, 2.24) is 15.2 Å². The Labute approximate surface area is 243 Å². The molecule has 43 heavy (non-hydrogen) atoms. The van der Waals surface area contributed by atoms with Gasteiger partial charge in [0.15, 0.2) is 5.75 Å². The van der Waals surface area contributed by atoms with E-state index < -0.39 is 18.1 Å². The first-order valence-corrected chi connectivity index (χ1v) is 13.4. The molecule has 7 nitrogen and oxygen atoms in total. The third-order valence-electron chi connectivity index (χ3n) is 7.03. The Hall–Kier alpha value is -4.52. The molecule has 1 amide bonds. The van der Waals surface area contributed by atoms with Crippen LogP contribution in [-0.2, 0) is 6.18 Å². The SMILES string of the molecule is O=C(NCCN1CCN(c2ccccc2OC(F)(F)F)CC1)c1ccccc1Nc1ccnc2cc(C(F)(F)F)ccc12. The molecule has 1 fully saturated rings. The van der Waals surface area contributed by atoms with Gasteiger partial charge in [-0.05, 0) is 42.5 Å². The zero-order valence-corrected chi connectivity index (χ0v) is 22.7. The van der Waals surface area contributed by atoms with Gasteiger partial charge in [0.2, 0.25) is 0 Å². The van der Waals surface area contributed by atoms with Gasteiger partial charge in [0.25, 0.3) is 5.91 Å². The average Bonchev–Trinajstić information content (AvgIpc) is 2.97. The third kappa shape index (κ3) is 7.47. The Morgan fingerprint density at radius 1 is 0.860 bits per heavy atom. The number of rotatable bonds is 8. The molecule has 1 aromatic heterocycles. The third-order valence-corrected chi connectivity index (χ3v) is 7.03. The Bertz CT molecular complexity index is 1590. The molecule has 0 unspecified atom stereocenters. The molecular formula is C30H27F6N5O2. The van der Waals surface area contributed by atoms with Crippen molar-refractivity contribution < 1.29 is 35.9 Å². The zero-order chi connectivity index (χ0) is 30.6. The van der Waals surface area contributed by atoms with Crippen LogP contribution in [0.3, 0.4) is 0 Å². The van der Waals surface area contributed by atoms with Crippen molar-refractivity contribution >= 4 is 33.9 Å². The summed E-state index contributed by atoms with van der Waals surface area (Å²) in [6.07, 6.45) is -7.87. The summed E-state index contributed by atoms with van der Waals surface area (Å²) >= 11 is 0. The van der Waals surface area contributed by atoms with Gasteiger partial charge in [-0.3, -0.25) is 14.7 Å². The highest BCUT2D eigenvalue weighted by atomic mass is 19.4. The van der Waals surface area contributed by atoms with E-state index in [9.17, 15) is 31.1 Å². The van der Waals surface area contributed by atoms with E-state index >= 15 is 0 Å². The second-order valence-corrected chi connectivity index (χ2v) is 9.86. The molecule has 0 spiro atoms. The summed E-state index contributed by atoms with van der Waals surface area (Å²) in [6.45, 7) is 3.01. The molecule has 0 atom stereocenters. The zero-order valence-electron chi connectivity index (χ0n) is 22.7. The van der Waals surface area contributed by atoms with E-state index in [0.717, 1.165) is 12.1 Å². The predicted molar refractivity (Wildman–Crippen MR) is 151 cm³/mol. The second-order valence-electron chi connectivity index (χ2n) is 9.86. The first-order valence-electron chi connectivity index (χ1n) is 13.4. The van der Waals surface area contributed by atoms with Gasteiger partial charge in [-0.15, -0.1) is 13.2 Å². The van der Waals surface area contributed by atoms with E-state index in [2.05, 4.69) is 25.3 Å². The molecule has 0 radical (unpaired) electrons. The highest BCUT2D eigenvalue weighted by molar-refractivity contribution is 6.02. The number of nitrogens with one attached hydrogen (secondary N) is 2. The highest BCUT2D eigenvalue weighted by Crippen LogP contribution is 2.35. The number of para-hydroxylation sites is 3. The largest absolute Gasteiger partial charge is 0.573 e. The topological polar surface area (TPSA) is 69.7 Å². The molecule has 0 bridgehead atoms. The minimum absolute atomic E-state index is 0.165. The van der Waals surface area contributed by atoms with Gasteiger partial charge in [-0.2, -0.15) is 13.2 Å². The lowest BCUT2D eigenvalue weighted by atomic mass is 10.1. The summed E-state index contributed by atoms with van der Waals surface area (Å²) in [7, 11) is 0. The summed E-state index contributed by atoms with van der Waals surface area (Å²) < 4.78 is 82.0. The molecule has 4 aromatic rings. The number of fused-ring (bicyclic) bond motifs is 1. The fraction of sp³-hybridized carbons (Fsp3) is 0.267. The number of amides is 1. The van der Waals surface area contributed by atoms with Gasteiger partial charge in [-0.25, -0.2) is 0 Å². The van der Waals surface area contributed by atoms with Crippen molar-refractivity contribution in [3.8, 4) is 5.75 Å². The lowest BCUT2D eigenvalue weighted by Gasteiger charge is -2.36. The van der Waals surface area contributed by atoms with E-state index in [1.54, 1.807) is 42.5 Å². The van der Waals surface area contributed by atoms with E-state index in [-0.39, 0.29) is 17.2 Å². The van der Waals surface area contributed by atoms with E-state index in [4.69, 9.17) is 0 Å². The second kappa shape index (κ2) is 12.4. The molecule has 2 N–H and O–H groups in total.